The summed E-state index contributed by atoms with van der Waals surface area (Å²) in [7, 11) is 0. The molecule has 0 fully saturated rings. The molecule has 2 rings (SSSR count). The van der Waals surface area contributed by atoms with Crippen molar-refractivity contribution >= 4 is 11.6 Å². The summed E-state index contributed by atoms with van der Waals surface area (Å²) >= 11 is 5.86. The number of H-pyrrole nitrogens is 1. The Morgan fingerprint density at radius 2 is 2.00 bits per heavy atom. The molecule has 0 saturated heterocycles. The average molecular weight is 236 g/mol. The third kappa shape index (κ3) is 2.26. The highest BCUT2D eigenvalue weighted by molar-refractivity contribution is 6.30. The van der Waals surface area contributed by atoms with E-state index in [4.69, 9.17) is 17.3 Å². The van der Waals surface area contributed by atoms with Crippen LogP contribution in [0.3, 0.4) is 0 Å². The van der Waals surface area contributed by atoms with E-state index < -0.39 is 0 Å². The second-order valence-electron chi connectivity index (χ2n) is 3.69. The minimum Gasteiger partial charge on any atom is -0.346 e. The predicted molar refractivity (Wildman–Crippen MR) is 66.5 cm³/mol. The van der Waals surface area contributed by atoms with Crippen molar-refractivity contribution in [1.29, 1.82) is 0 Å². The zero-order valence-corrected chi connectivity index (χ0v) is 9.88. The molecule has 0 aliphatic rings. The number of hydrogen-bond acceptors (Lipinski definition) is 2. The summed E-state index contributed by atoms with van der Waals surface area (Å²) < 4.78 is 0. The number of aryl methyl sites for hydroxylation is 1. The fraction of sp³-hybridized carbons (Fsp3) is 0.250. The average Bonchev–Trinajstić information content (AvgIpc) is 2.61. The maximum atomic E-state index is 5.86. The van der Waals surface area contributed by atoms with Crippen molar-refractivity contribution in [2.45, 2.75) is 13.3 Å². The standard InChI is InChI=1S/C12H14ClN3/c1-8-15-11(6-7-14)12(16-8)9-2-4-10(13)5-3-9/h2-5H,6-7,14H2,1H3,(H,15,16). The molecule has 0 saturated carbocycles. The first-order chi connectivity index (χ1) is 7.70. The number of hydrogen-bond donors (Lipinski definition) is 2. The summed E-state index contributed by atoms with van der Waals surface area (Å²) in [5.41, 5.74) is 8.70. The molecule has 0 aliphatic heterocycles. The summed E-state index contributed by atoms with van der Waals surface area (Å²) in [4.78, 5) is 7.71. The van der Waals surface area contributed by atoms with Gasteiger partial charge in [-0.25, -0.2) is 4.98 Å². The van der Waals surface area contributed by atoms with Crippen LogP contribution in [-0.2, 0) is 6.42 Å². The first kappa shape index (κ1) is 11.2. The largest absolute Gasteiger partial charge is 0.346 e. The summed E-state index contributed by atoms with van der Waals surface area (Å²) in [5.74, 6) is 0.911. The molecule has 1 aromatic carbocycles. The zero-order valence-electron chi connectivity index (χ0n) is 9.13. The maximum Gasteiger partial charge on any atom is 0.103 e. The number of aromatic amines is 1. The van der Waals surface area contributed by atoms with Crippen LogP contribution >= 0.6 is 11.6 Å². The van der Waals surface area contributed by atoms with E-state index in [0.717, 1.165) is 34.2 Å². The lowest BCUT2D eigenvalue weighted by Gasteiger charge is -2.01. The van der Waals surface area contributed by atoms with Crippen LogP contribution in [0.4, 0.5) is 0 Å². The highest BCUT2D eigenvalue weighted by Gasteiger charge is 2.09. The third-order valence-electron chi connectivity index (χ3n) is 2.41. The number of benzene rings is 1. The van der Waals surface area contributed by atoms with E-state index in [1.807, 2.05) is 31.2 Å². The van der Waals surface area contributed by atoms with Crippen molar-refractivity contribution < 1.29 is 0 Å². The SMILES string of the molecule is Cc1nc(-c2ccc(Cl)cc2)c(CCN)[nH]1. The van der Waals surface area contributed by atoms with Crippen molar-refractivity contribution in [3.8, 4) is 11.3 Å². The Morgan fingerprint density at radius 3 is 2.62 bits per heavy atom. The second-order valence-corrected chi connectivity index (χ2v) is 4.13. The van der Waals surface area contributed by atoms with Crippen molar-refractivity contribution in [3.05, 3.63) is 40.8 Å². The number of aromatic nitrogens is 2. The Kier molecular flexibility index (Phi) is 3.27. The molecule has 1 aromatic heterocycles. The third-order valence-corrected chi connectivity index (χ3v) is 2.66. The molecule has 0 spiro atoms. The molecule has 16 heavy (non-hydrogen) atoms. The molecule has 4 heteroatoms. The lowest BCUT2D eigenvalue weighted by molar-refractivity contribution is 0.930. The topological polar surface area (TPSA) is 54.7 Å². The van der Waals surface area contributed by atoms with Crippen LogP contribution in [0.15, 0.2) is 24.3 Å². The van der Waals surface area contributed by atoms with Crippen molar-refractivity contribution in [2.75, 3.05) is 6.54 Å². The molecule has 2 aromatic rings. The van der Waals surface area contributed by atoms with E-state index in [-0.39, 0.29) is 0 Å². The van der Waals surface area contributed by atoms with Gasteiger partial charge in [0, 0.05) is 22.7 Å². The molecule has 3 N–H and O–H groups in total. The van der Waals surface area contributed by atoms with Crippen LogP contribution in [0.5, 0.6) is 0 Å². The first-order valence-electron chi connectivity index (χ1n) is 5.22. The first-order valence-corrected chi connectivity index (χ1v) is 5.60. The normalized spacial score (nSPS) is 10.7. The maximum absolute atomic E-state index is 5.86. The summed E-state index contributed by atoms with van der Waals surface area (Å²) in [6, 6.07) is 7.68. The minimum atomic E-state index is 0.613. The van der Waals surface area contributed by atoms with Crippen LogP contribution in [0.2, 0.25) is 5.02 Å². The summed E-state index contributed by atoms with van der Waals surface area (Å²) in [6.07, 6.45) is 0.804. The monoisotopic (exact) mass is 235 g/mol. The molecule has 0 unspecified atom stereocenters. The van der Waals surface area contributed by atoms with E-state index in [2.05, 4.69) is 9.97 Å². The van der Waals surface area contributed by atoms with Gasteiger partial charge in [0.2, 0.25) is 0 Å². The molecule has 0 bridgehead atoms. The van der Waals surface area contributed by atoms with Crippen molar-refractivity contribution in [3.63, 3.8) is 0 Å². The van der Waals surface area contributed by atoms with Gasteiger partial charge in [0.15, 0.2) is 0 Å². The molecule has 84 valence electrons. The van der Waals surface area contributed by atoms with Gasteiger partial charge in [-0.2, -0.15) is 0 Å². The lowest BCUT2D eigenvalue weighted by Crippen LogP contribution is -2.04. The van der Waals surface area contributed by atoms with Gasteiger partial charge < -0.3 is 10.7 Å². The Labute approximate surface area is 99.7 Å². The minimum absolute atomic E-state index is 0.613. The highest BCUT2D eigenvalue weighted by atomic mass is 35.5. The number of nitrogens with zero attached hydrogens (tertiary/aromatic N) is 1. The van der Waals surface area contributed by atoms with Gasteiger partial charge in [0.05, 0.1) is 5.69 Å². The van der Waals surface area contributed by atoms with Gasteiger partial charge in [0.1, 0.15) is 5.82 Å². The van der Waals surface area contributed by atoms with E-state index >= 15 is 0 Å². The Morgan fingerprint density at radius 1 is 1.31 bits per heavy atom. The number of imidazole rings is 1. The second kappa shape index (κ2) is 4.68. The van der Waals surface area contributed by atoms with Crippen LogP contribution in [0, 0.1) is 6.92 Å². The van der Waals surface area contributed by atoms with E-state index in [1.54, 1.807) is 0 Å². The van der Waals surface area contributed by atoms with Crippen LogP contribution in [-0.4, -0.2) is 16.5 Å². The predicted octanol–water partition coefficient (Wildman–Crippen LogP) is 2.54. The number of nitrogens with two attached hydrogens (primary N) is 1. The lowest BCUT2D eigenvalue weighted by atomic mass is 10.1. The van der Waals surface area contributed by atoms with E-state index in [1.165, 1.54) is 0 Å². The molecule has 0 aliphatic carbocycles. The molecule has 0 radical (unpaired) electrons. The molecular formula is C12H14ClN3. The summed E-state index contributed by atoms with van der Waals surface area (Å²) in [6.45, 7) is 2.56. The van der Waals surface area contributed by atoms with Gasteiger partial charge in [-0.3, -0.25) is 0 Å². The van der Waals surface area contributed by atoms with E-state index in [0.29, 0.717) is 6.54 Å². The smallest absolute Gasteiger partial charge is 0.103 e. The number of rotatable bonds is 3. The fourth-order valence-corrected chi connectivity index (χ4v) is 1.84. The van der Waals surface area contributed by atoms with Gasteiger partial charge in [-0.05, 0) is 25.6 Å². The molecule has 3 nitrogen and oxygen atoms in total. The van der Waals surface area contributed by atoms with Crippen LogP contribution in [0.25, 0.3) is 11.3 Å². The van der Waals surface area contributed by atoms with Crippen molar-refractivity contribution in [2.24, 2.45) is 5.73 Å². The van der Waals surface area contributed by atoms with Gasteiger partial charge in [0.25, 0.3) is 0 Å². The Balaban J connectivity index is 2.42. The zero-order chi connectivity index (χ0) is 11.5. The van der Waals surface area contributed by atoms with E-state index in [9.17, 15) is 0 Å². The van der Waals surface area contributed by atoms with Gasteiger partial charge in [-0.1, -0.05) is 23.7 Å². The number of nitrogens with one attached hydrogen (secondary N) is 1. The molecule has 1 heterocycles. The van der Waals surface area contributed by atoms with Crippen LogP contribution in [0.1, 0.15) is 11.5 Å². The summed E-state index contributed by atoms with van der Waals surface area (Å²) in [5, 5.41) is 0.733. The Hall–Kier alpha value is -1.32. The number of halogens is 1. The fourth-order valence-electron chi connectivity index (χ4n) is 1.71. The van der Waals surface area contributed by atoms with Crippen molar-refractivity contribution in [1.82, 2.24) is 9.97 Å². The highest BCUT2D eigenvalue weighted by Crippen LogP contribution is 2.23. The molecular weight excluding hydrogens is 222 g/mol. The Bertz CT molecular complexity index is 474. The quantitative estimate of drug-likeness (QED) is 0.859. The van der Waals surface area contributed by atoms with Crippen LogP contribution < -0.4 is 5.73 Å². The molecule has 0 amide bonds. The van der Waals surface area contributed by atoms with Gasteiger partial charge in [-0.15, -0.1) is 0 Å². The molecule has 0 atom stereocenters. The van der Waals surface area contributed by atoms with Gasteiger partial charge >= 0.3 is 0 Å².